The van der Waals surface area contributed by atoms with Gasteiger partial charge in [-0.2, -0.15) is 0 Å². The van der Waals surface area contributed by atoms with Crippen LogP contribution in [0, 0.1) is 0 Å². The van der Waals surface area contributed by atoms with Gasteiger partial charge in [-0.3, -0.25) is 9.59 Å². The van der Waals surface area contributed by atoms with Crippen molar-refractivity contribution in [3.8, 4) is 0 Å². The van der Waals surface area contributed by atoms with Gasteiger partial charge in [0.15, 0.2) is 0 Å². The zero-order chi connectivity index (χ0) is 18.1. The van der Waals surface area contributed by atoms with Gasteiger partial charge < -0.3 is 10.4 Å². The first kappa shape index (κ1) is 17.4. The summed E-state index contributed by atoms with van der Waals surface area (Å²) in [5, 5.41) is 13.3. The van der Waals surface area contributed by atoms with Crippen molar-refractivity contribution < 1.29 is 14.7 Å². The Hall–Kier alpha value is -2.40. The molecule has 0 spiro atoms. The first-order valence-corrected chi connectivity index (χ1v) is 8.82. The summed E-state index contributed by atoms with van der Waals surface area (Å²) in [7, 11) is 0. The largest absolute Gasteiger partial charge is 0.507 e. The van der Waals surface area contributed by atoms with Gasteiger partial charge in [-0.25, -0.2) is 0 Å². The van der Waals surface area contributed by atoms with Crippen molar-refractivity contribution in [3.05, 3.63) is 75.3 Å². The molecule has 128 valence electrons. The lowest BCUT2D eigenvalue weighted by Gasteiger charge is -2.15. The molecule has 0 radical (unpaired) electrons. The first-order valence-electron chi connectivity index (χ1n) is 8.02. The van der Waals surface area contributed by atoms with Crippen LogP contribution < -0.4 is 5.32 Å². The first-order chi connectivity index (χ1) is 11.9. The molecule has 1 saturated heterocycles. The number of nitrogens with one attached hydrogen (secondary N) is 1. The molecule has 1 aliphatic heterocycles. The second kappa shape index (κ2) is 6.84. The van der Waals surface area contributed by atoms with Crippen LogP contribution in [0.5, 0.6) is 0 Å². The Bertz CT molecular complexity index is 852. The predicted molar refractivity (Wildman–Crippen MR) is 100 cm³/mol. The Balaban J connectivity index is 2.05. The molecule has 1 fully saturated rings. The molecule has 1 amide bonds. The Morgan fingerprint density at radius 3 is 2.20 bits per heavy atom. The molecule has 2 aromatic rings. The van der Waals surface area contributed by atoms with Crippen LogP contribution in [0.3, 0.4) is 0 Å². The standard InChI is InChI=1S/C20H18BrNO3/c1-11(2)12-3-5-13(6-4-12)17-16(19(24)20(25)22-17)18(23)14-7-9-15(21)10-8-14/h3-11,17,23H,1-2H3,(H,22,25). The van der Waals surface area contributed by atoms with Crippen molar-refractivity contribution in [3.63, 3.8) is 0 Å². The second-order valence-corrected chi connectivity index (χ2v) is 7.24. The number of aliphatic hydroxyl groups is 1. The summed E-state index contributed by atoms with van der Waals surface area (Å²) < 4.78 is 0.863. The third kappa shape index (κ3) is 3.37. The summed E-state index contributed by atoms with van der Waals surface area (Å²) in [5.41, 5.74) is 2.51. The highest BCUT2D eigenvalue weighted by Crippen LogP contribution is 2.33. The normalized spacial score (nSPS) is 19.3. The third-order valence-corrected chi connectivity index (χ3v) is 4.85. The number of ketones is 1. The van der Waals surface area contributed by atoms with E-state index in [0.717, 1.165) is 10.0 Å². The van der Waals surface area contributed by atoms with Gasteiger partial charge in [-0.1, -0.05) is 66.2 Å². The van der Waals surface area contributed by atoms with Crippen LogP contribution >= 0.6 is 15.9 Å². The number of rotatable bonds is 3. The summed E-state index contributed by atoms with van der Waals surface area (Å²) in [6.07, 6.45) is 0. The van der Waals surface area contributed by atoms with Gasteiger partial charge in [0.1, 0.15) is 5.76 Å². The molecule has 2 aromatic carbocycles. The molecule has 1 unspecified atom stereocenters. The van der Waals surface area contributed by atoms with Crippen molar-refractivity contribution in [2.24, 2.45) is 0 Å². The molecule has 0 aromatic heterocycles. The number of carbonyl (C=O) groups is 2. The fraction of sp³-hybridized carbons (Fsp3) is 0.200. The van der Waals surface area contributed by atoms with Gasteiger partial charge in [-0.15, -0.1) is 0 Å². The molecule has 0 saturated carbocycles. The van der Waals surface area contributed by atoms with Crippen molar-refractivity contribution in [2.45, 2.75) is 25.8 Å². The zero-order valence-electron chi connectivity index (χ0n) is 13.9. The minimum Gasteiger partial charge on any atom is -0.507 e. The van der Waals surface area contributed by atoms with Gasteiger partial charge in [0.2, 0.25) is 0 Å². The minimum absolute atomic E-state index is 0.0876. The lowest BCUT2D eigenvalue weighted by molar-refractivity contribution is -0.133. The lowest BCUT2D eigenvalue weighted by Crippen LogP contribution is -2.21. The number of halogens is 1. The highest BCUT2D eigenvalue weighted by Gasteiger charge is 2.39. The SMILES string of the molecule is CC(C)c1ccc(C2NC(=O)C(=O)C2=C(O)c2ccc(Br)cc2)cc1. The smallest absolute Gasteiger partial charge is 0.293 e. The van der Waals surface area contributed by atoms with E-state index in [2.05, 4.69) is 35.1 Å². The zero-order valence-corrected chi connectivity index (χ0v) is 15.5. The molecule has 1 atom stereocenters. The van der Waals surface area contributed by atoms with Crippen LogP contribution in [0.1, 0.15) is 42.5 Å². The number of hydrogen-bond donors (Lipinski definition) is 2. The van der Waals surface area contributed by atoms with E-state index in [4.69, 9.17) is 0 Å². The van der Waals surface area contributed by atoms with E-state index in [1.165, 1.54) is 5.56 Å². The molecule has 2 N–H and O–H groups in total. The van der Waals surface area contributed by atoms with E-state index in [1.807, 2.05) is 24.3 Å². The molecule has 4 nitrogen and oxygen atoms in total. The highest BCUT2D eigenvalue weighted by atomic mass is 79.9. The van der Waals surface area contributed by atoms with E-state index >= 15 is 0 Å². The fourth-order valence-corrected chi connectivity index (χ4v) is 3.12. The number of Topliss-reactive ketones (excluding diaryl/α,β-unsaturated/α-hetero) is 1. The Morgan fingerprint density at radius 1 is 1.04 bits per heavy atom. The minimum atomic E-state index is -0.698. The Kier molecular flexibility index (Phi) is 4.77. The van der Waals surface area contributed by atoms with Crippen molar-refractivity contribution in [1.82, 2.24) is 5.32 Å². The van der Waals surface area contributed by atoms with Gasteiger partial charge in [0.05, 0.1) is 11.6 Å². The van der Waals surface area contributed by atoms with Crippen LogP contribution in [0.25, 0.3) is 5.76 Å². The highest BCUT2D eigenvalue weighted by molar-refractivity contribution is 9.10. The summed E-state index contributed by atoms with van der Waals surface area (Å²) in [6.45, 7) is 4.20. The number of benzene rings is 2. The molecule has 3 rings (SSSR count). The average molecular weight is 400 g/mol. The monoisotopic (exact) mass is 399 g/mol. The summed E-state index contributed by atoms with van der Waals surface area (Å²) >= 11 is 3.34. The fourth-order valence-electron chi connectivity index (χ4n) is 2.85. The predicted octanol–water partition coefficient (Wildman–Crippen LogP) is 4.28. The second-order valence-electron chi connectivity index (χ2n) is 6.33. The molecule has 25 heavy (non-hydrogen) atoms. The van der Waals surface area contributed by atoms with Gasteiger partial charge in [0.25, 0.3) is 11.7 Å². The quantitative estimate of drug-likeness (QED) is 0.459. The van der Waals surface area contributed by atoms with E-state index in [9.17, 15) is 14.7 Å². The van der Waals surface area contributed by atoms with Gasteiger partial charge >= 0.3 is 0 Å². The van der Waals surface area contributed by atoms with Gasteiger partial charge in [0, 0.05) is 10.0 Å². The van der Waals surface area contributed by atoms with E-state index < -0.39 is 17.7 Å². The topological polar surface area (TPSA) is 66.4 Å². The van der Waals surface area contributed by atoms with Crippen LogP contribution in [0.4, 0.5) is 0 Å². The van der Waals surface area contributed by atoms with Gasteiger partial charge in [-0.05, 0) is 29.2 Å². The van der Waals surface area contributed by atoms with E-state index in [-0.39, 0.29) is 11.3 Å². The number of aliphatic hydroxyl groups excluding tert-OH is 1. The maximum absolute atomic E-state index is 12.3. The summed E-state index contributed by atoms with van der Waals surface area (Å²) in [6, 6.07) is 14.0. The maximum Gasteiger partial charge on any atom is 0.293 e. The van der Waals surface area contributed by atoms with E-state index in [0.29, 0.717) is 11.5 Å². The molecule has 1 aliphatic rings. The molecule has 5 heteroatoms. The van der Waals surface area contributed by atoms with Crippen LogP contribution in [0.2, 0.25) is 0 Å². The molecule has 1 heterocycles. The van der Waals surface area contributed by atoms with Crippen LogP contribution in [-0.2, 0) is 9.59 Å². The third-order valence-electron chi connectivity index (χ3n) is 4.32. The van der Waals surface area contributed by atoms with Crippen molar-refractivity contribution in [2.75, 3.05) is 0 Å². The van der Waals surface area contributed by atoms with Crippen LogP contribution in [0.15, 0.2) is 58.6 Å². The lowest BCUT2D eigenvalue weighted by atomic mass is 9.94. The van der Waals surface area contributed by atoms with Crippen molar-refractivity contribution >= 4 is 33.4 Å². The van der Waals surface area contributed by atoms with Crippen molar-refractivity contribution in [1.29, 1.82) is 0 Å². The van der Waals surface area contributed by atoms with Crippen LogP contribution in [-0.4, -0.2) is 16.8 Å². The number of amides is 1. The number of hydrogen-bond acceptors (Lipinski definition) is 3. The molecule has 0 aliphatic carbocycles. The summed E-state index contributed by atoms with van der Waals surface area (Å²) in [5.74, 6) is -1.18. The number of carbonyl (C=O) groups excluding carboxylic acids is 2. The Labute approximate surface area is 154 Å². The average Bonchev–Trinajstić information content (AvgIpc) is 2.90. The van der Waals surface area contributed by atoms with E-state index in [1.54, 1.807) is 24.3 Å². The maximum atomic E-state index is 12.3. The molecular weight excluding hydrogens is 382 g/mol. The summed E-state index contributed by atoms with van der Waals surface area (Å²) in [4.78, 5) is 24.2. The molecule has 0 bridgehead atoms. The Morgan fingerprint density at radius 2 is 1.64 bits per heavy atom. The molecular formula is C20H18BrNO3.